The number of carbonyl (C=O) groups excluding carboxylic acids is 1. The van der Waals surface area contributed by atoms with Gasteiger partial charge in [-0.2, -0.15) is 0 Å². The number of aromatic hydroxyl groups is 1. The number of ketones is 1. The number of phenolic OH excluding ortho intramolecular Hbond substituents is 1. The summed E-state index contributed by atoms with van der Waals surface area (Å²) in [6.07, 6.45) is 0.399. The van der Waals surface area contributed by atoms with Gasteiger partial charge < -0.3 is 10.2 Å². The molecule has 0 fully saturated rings. The van der Waals surface area contributed by atoms with Crippen molar-refractivity contribution in [2.24, 2.45) is 0 Å². The summed E-state index contributed by atoms with van der Waals surface area (Å²) in [6.45, 7) is 1.41. The zero-order valence-corrected chi connectivity index (χ0v) is 8.45. The Kier molecular flexibility index (Phi) is 3.90. The lowest BCUT2D eigenvalue weighted by Gasteiger charge is -2.00. The number of rotatable bonds is 2. The van der Waals surface area contributed by atoms with Crippen LogP contribution in [0.3, 0.4) is 0 Å². The summed E-state index contributed by atoms with van der Waals surface area (Å²) in [5, 5.41) is 17.9. The van der Waals surface area contributed by atoms with Gasteiger partial charge in [-0.3, -0.25) is 4.79 Å². The van der Waals surface area contributed by atoms with Gasteiger partial charge in [-0.25, -0.2) is 0 Å². The number of hydrogen-bond donors (Lipinski definition) is 2. The molecule has 0 radical (unpaired) electrons. The normalized spacial score (nSPS) is 9.20. The van der Waals surface area contributed by atoms with Crippen molar-refractivity contribution in [2.75, 3.05) is 6.61 Å². The van der Waals surface area contributed by atoms with Crippen molar-refractivity contribution < 1.29 is 15.0 Å². The second-order valence-electron chi connectivity index (χ2n) is 3.06. The van der Waals surface area contributed by atoms with Crippen LogP contribution in [-0.2, 0) is 0 Å². The molecule has 1 aromatic rings. The van der Waals surface area contributed by atoms with E-state index in [1.165, 1.54) is 13.0 Å². The highest BCUT2D eigenvalue weighted by molar-refractivity contribution is 5.97. The maximum atomic E-state index is 11.1. The van der Waals surface area contributed by atoms with Crippen LogP contribution in [0.25, 0.3) is 0 Å². The molecule has 0 atom stereocenters. The standard InChI is InChI=1S/C12H12O3/c1-9(14)11-8-10(4-2-3-7-13)5-6-12(11)15/h5-6,8,13,15H,3,7H2,1H3. The smallest absolute Gasteiger partial charge is 0.163 e. The summed E-state index contributed by atoms with van der Waals surface area (Å²) in [5.74, 6) is 5.31. The van der Waals surface area contributed by atoms with Crippen LogP contribution in [0.5, 0.6) is 5.75 Å². The minimum atomic E-state index is -0.196. The summed E-state index contributed by atoms with van der Waals surface area (Å²) >= 11 is 0. The number of aliphatic hydroxyl groups is 1. The molecule has 1 aromatic carbocycles. The molecule has 78 valence electrons. The molecule has 2 N–H and O–H groups in total. The molecule has 0 aliphatic rings. The summed E-state index contributed by atoms with van der Waals surface area (Å²) in [7, 11) is 0. The van der Waals surface area contributed by atoms with Gasteiger partial charge in [0.15, 0.2) is 5.78 Å². The van der Waals surface area contributed by atoms with Crippen molar-refractivity contribution in [2.45, 2.75) is 13.3 Å². The Labute approximate surface area is 88.4 Å². The largest absolute Gasteiger partial charge is 0.507 e. The molecule has 3 nitrogen and oxygen atoms in total. The van der Waals surface area contributed by atoms with Gasteiger partial charge in [0.25, 0.3) is 0 Å². The molecule has 1 rings (SSSR count). The number of aliphatic hydroxyl groups excluding tert-OH is 1. The van der Waals surface area contributed by atoms with E-state index < -0.39 is 0 Å². The summed E-state index contributed by atoms with van der Waals surface area (Å²) < 4.78 is 0. The van der Waals surface area contributed by atoms with Crippen LogP contribution in [0, 0.1) is 11.8 Å². The van der Waals surface area contributed by atoms with Gasteiger partial charge >= 0.3 is 0 Å². The van der Waals surface area contributed by atoms with E-state index in [1.807, 2.05) is 0 Å². The van der Waals surface area contributed by atoms with E-state index in [-0.39, 0.29) is 23.7 Å². The zero-order valence-electron chi connectivity index (χ0n) is 8.45. The maximum Gasteiger partial charge on any atom is 0.163 e. The van der Waals surface area contributed by atoms with Crippen LogP contribution in [0.2, 0.25) is 0 Å². The number of Topliss-reactive ketones (excluding diaryl/α,β-unsaturated/α-hetero) is 1. The van der Waals surface area contributed by atoms with Gasteiger partial charge in [-0.05, 0) is 25.1 Å². The minimum absolute atomic E-state index is 0.0185. The van der Waals surface area contributed by atoms with Crippen LogP contribution in [-0.4, -0.2) is 22.6 Å². The first kappa shape index (κ1) is 11.3. The SMILES string of the molecule is CC(=O)c1cc(C#CCCO)ccc1O. The average molecular weight is 204 g/mol. The van der Waals surface area contributed by atoms with Gasteiger partial charge in [-0.1, -0.05) is 11.8 Å². The highest BCUT2D eigenvalue weighted by atomic mass is 16.3. The van der Waals surface area contributed by atoms with Crippen molar-refractivity contribution >= 4 is 5.78 Å². The second-order valence-corrected chi connectivity index (χ2v) is 3.06. The molecule has 0 aliphatic carbocycles. The minimum Gasteiger partial charge on any atom is -0.507 e. The molecule has 0 saturated heterocycles. The van der Waals surface area contributed by atoms with Crippen LogP contribution in [0.4, 0.5) is 0 Å². The maximum absolute atomic E-state index is 11.1. The Morgan fingerprint density at radius 2 is 2.20 bits per heavy atom. The Morgan fingerprint density at radius 1 is 1.47 bits per heavy atom. The predicted octanol–water partition coefficient (Wildman–Crippen LogP) is 1.33. The topological polar surface area (TPSA) is 57.5 Å². The van der Waals surface area contributed by atoms with E-state index in [0.29, 0.717) is 12.0 Å². The van der Waals surface area contributed by atoms with Gasteiger partial charge in [0.05, 0.1) is 12.2 Å². The van der Waals surface area contributed by atoms with E-state index in [4.69, 9.17) is 5.11 Å². The summed E-state index contributed by atoms with van der Waals surface area (Å²) in [5.41, 5.74) is 0.928. The van der Waals surface area contributed by atoms with E-state index in [1.54, 1.807) is 12.1 Å². The van der Waals surface area contributed by atoms with E-state index in [0.717, 1.165) is 0 Å². The molecule has 0 unspecified atom stereocenters. The number of carbonyl (C=O) groups is 1. The zero-order chi connectivity index (χ0) is 11.3. The Hall–Kier alpha value is -1.79. The molecular formula is C12H12O3. The Bertz CT molecular complexity index is 424. The van der Waals surface area contributed by atoms with Gasteiger partial charge in [0.1, 0.15) is 5.75 Å². The van der Waals surface area contributed by atoms with Crippen molar-refractivity contribution in [1.82, 2.24) is 0 Å². The molecule has 15 heavy (non-hydrogen) atoms. The van der Waals surface area contributed by atoms with Gasteiger partial charge in [0, 0.05) is 12.0 Å². The lowest BCUT2D eigenvalue weighted by molar-refractivity contribution is 0.101. The third-order valence-electron chi connectivity index (χ3n) is 1.85. The highest BCUT2D eigenvalue weighted by Gasteiger charge is 2.05. The fraction of sp³-hybridized carbons (Fsp3) is 0.250. The molecule has 0 heterocycles. The number of benzene rings is 1. The molecular weight excluding hydrogens is 192 g/mol. The molecule has 0 amide bonds. The average Bonchev–Trinajstić information content (AvgIpc) is 2.20. The van der Waals surface area contributed by atoms with E-state index in [2.05, 4.69) is 11.8 Å². The quantitative estimate of drug-likeness (QED) is 0.564. The fourth-order valence-corrected chi connectivity index (χ4v) is 1.12. The lowest BCUT2D eigenvalue weighted by Crippen LogP contribution is -1.93. The second kappa shape index (κ2) is 5.18. The van der Waals surface area contributed by atoms with Crippen LogP contribution in [0.15, 0.2) is 18.2 Å². The van der Waals surface area contributed by atoms with E-state index >= 15 is 0 Å². The van der Waals surface area contributed by atoms with Crippen molar-refractivity contribution in [1.29, 1.82) is 0 Å². The first-order valence-electron chi connectivity index (χ1n) is 4.59. The van der Waals surface area contributed by atoms with Crippen molar-refractivity contribution in [3.8, 4) is 17.6 Å². The number of hydrogen-bond acceptors (Lipinski definition) is 3. The Morgan fingerprint density at radius 3 is 2.80 bits per heavy atom. The molecule has 0 aliphatic heterocycles. The van der Waals surface area contributed by atoms with Crippen LogP contribution in [0.1, 0.15) is 29.3 Å². The molecule has 0 bridgehead atoms. The van der Waals surface area contributed by atoms with Crippen molar-refractivity contribution in [3.63, 3.8) is 0 Å². The first-order chi connectivity index (χ1) is 7.15. The number of phenols is 1. The lowest BCUT2D eigenvalue weighted by atomic mass is 10.1. The predicted molar refractivity (Wildman–Crippen MR) is 56.7 cm³/mol. The monoisotopic (exact) mass is 204 g/mol. The van der Waals surface area contributed by atoms with Crippen LogP contribution < -0.4 is 0 Å². The summed E-state index contributed by atoms with van der Waals surface area (Å²) in [4.78, 5) is 11.1. The van der Waals surface area contributed by atoms with Crippen LogP contribution >= 0.6 is 0 Å². The van der Waals surface area contributed by atoms with Crippen molar-refractivity contribution in [3.05, 3.63) is 29.3 Å². The first-order valence-corrected chi connectivity index (χ1v) is 4.59. The molecule has 3 heteroatoms. The molecule has 0 aromatic heterocycles. The fourth-order valence-electron chi connectivity index (χ4n) is 1.12. The highest BCUT2D eigenvalue weighted by Crippen LogP contribution is 2.18. The Balaban J connectivity index is 2.99. The van der Waals surface area contributed by atoms with Gasteiger partial charge in [0.2, 0.25) is 0 Å². The molecule has 0 saturated carbocycles. The summed E-state index contributed by atoms with van der Waals surface area (Å²) in [6, 6.07) is 4.62. The third kappa shape index (κ3) is 3.12. The molecule has 0 spiro atoms. The van der Waals surface area contributed by atoms with E-state index in [9.17, 15) is 9.90 Å². The van der Waals surface area contributed by atoms with Gasteiger partial charge in [-0.15, -0.1) is 0 Å². The third-order valence-corrected chi connectivity index (χ3v) is 1.85.